The maximum atomic E-state index is 13.4. The third-order valence-electron chi connectivity index (χ3n) is 4.53. The highest BCUT2D eigenvalue weighted by atomic mass is 16.5. The number of hydrogen-bond donors (Lipinski definition) is 1. The van der Waals surface area contributed by atoms with E-state index < -0.39 is 28.8 Å². The Labute approximate surface area is 171 Å². The number of benzene rings is 1. The van der Waals surface area contributed by atoms with Gasteiger partial charge in [-0.25, -0.2) is 19.0 Å². The van der Waals surface area contributed by atoms with Gasteiger partial charge in [-0.15, -0.1) is 0 Å². The topological polar surface area (TPSA) is 117 Å². The molecule has 30 heavy (non-hydrogen) atoms. The lowest BCUT2D eigenvalue weighted by Crippen LogP contribution is -2.38. The van der Waals surface area contributed by atoms with Crippen LogP contribution in [0.25, 0.3) is 11.3 Å². The monoisotopic (exact) mass is 414 g/mol. The lowest BCUT2D eigenvalue weighted by Gasteiger charge is -2.25. The summed E-state index contributed by atoms with van der Waals surface area (Å²) in [5.41, 5.74) is -2.91. The zero-order valence-corrected chi connectivity index (χ0v) is 17.1. The lowest BCUT2D eigenvalue weighted by atomic mass is 9.93. The second-order valence-corrected chi connectivity index (χ2v) is 7.21. The molecule has 9 heteroatoms. The molecule has 1 aromatic carbocycles. The standard InChI is InChI=1S/C21H22N2O7/c1-5-29-19(26)14-13(18(25)28-4)11-21(2,3)30-16-15(14)17(24)23(20(27)22-16)12-9-7-6-8-10-12/h6-10H,5,11H2,1-4H3,(H,22,27). The summed E-state index contributed by atoms with van der Waals surface area (Å²) < 4.78 is 16.7. The number of ether oxygens (including phenoxy) is 3. The van der Waals surface area contributed by atoms with Crippen molar-refractivity contribution in [3.05, 3.63) is 62.3 Å². The molecule has 0 amide bonds. The van der Waals surface area contributed by atoms with Crippen LogP contribution in [-0.2, 0) is 19.1 Å². The summed E-state index contributed by atoms with van der Waals surface area (Å²) >= 11 is 0. The fraction of sp³-hybridized carbons (Fsp3) is 0.333. The molecule has 1 aliphatic heterocycles. The lowest BCUT2D eigenvalue weighted by molar-refractivity contribution is -0.139. The van der Waals surface area contributed by atoms with Gasteiger partial charge in [-0.3, -0.25) is 9.78 Å². The van der Waals surface area contributed by atoms with E-state index in [0.29, 0.717) is 0 Å². The molecule has 2 aromatic rings. The Balaban J connectivity index is 2.45. The van der Waals surface area contributed by atoms with Gasteiger partial charge in [-0.1, -0.05) is 18.2 Å². The average Bonchev–Trinajstić information content (AvgIpc) is 2.81. The molecule has 0 saturated heterocycles. The summed E-state index contributed by atoms with van der Waals surface area (Å²) in [5.74, 6) is -1.88. The third-order valence-corrected chi connectivity index (χ3v) is 4.53. The number of nitrogens with one attached hydrogen (secondary N) is 1. The second-order valence-electron chi connectivity index (χ2n) is 7.21. The molecule has 1 aliphatic rings. The first-order valence-corrected chi connectivity index (χ1v) is 9.33. The Morgan fingerprint density at radius 1 is 1.17 bits per heavy atom. The van der Waals surface area contributed by atoms with E-state index in [-0.39, 0.29) is 41.3 Å². The van der Waals surface area contributed by atoms with E-state index >= 15 is 0 Å². The zero-order chi connectivity index (χ0) is 22.1. The minimum atomic E-state index is -1.03. The van der Waals surface area contributed by atoms with Gasteiger partial charge in [0.2, 0.25) is 5.88 Å². The molecular formula is C21H22N2O7. The van der Waals surface area contributed by atoms with E-state index in [9.17, 15) is 19.2 Å². The van der Waals surface area contributed by atoms with Crippen LogP contribution < -0.4 is 16.0 Å². The van der Waals surface area contributed by atoms with Crippen molar-refractivity contribution < 1.29 is 23.8 Å². The molecule has 3 rings (SSSR count). The number of aromatic nitrogens is 2. The minimum absolute atomic E-state index is 0.0204. The normalized spacial score (nSPS) is 14.9. The van der Waals surface area contributed by atoms with Crippen LogP contribution >= 0.6 is 0 Å². The van der Waals surface area contributed by atoms with Crippen molar-refractivity contribution in [1.82, 2.24) is 9.55 Å². The highest BCUT2D eigenvalue weighted by molar-refractivity contribution is 6.23. The van der Waals surface area contributed by atoms with Crippen LogP contribution in [0.4, 0.5) is 0 Å². The van der Waals surface area contributed by atoms with Crippen molar-refractivity contribution in [2.24, 2.45) is 0 Å². The number of fused-ring (bicyclic) bond motifs is 1. The Hall–Kier alpha value is -3.62. The molecule has 158 valence electrons. The molecule has 0 aliphatic carbocycles. The number of rotatable bonds is 4. The van der Waals surface area contributed by atoms with Crippen LogP contribution in [0.1, 0.15) is 32.8 Å². The summed E-state index contributed by atoms with van der Waals surface area (Å²) in [6.45, 7) is 4.94. The number of esters is 2. The van der Waals surface area contributed by atoms with Crippen LogP contribution in [0.15, 0.2) is 45.5 Å². The predicted molar refractivity (Wildman–Crippen MR) is 108 cm³/mol. The smallest absolute Gasteiger partial charge is 0.339 e. The summed E-state index contributed by atoms with van der Waals surface area (Å²) in [4.78, 5) is 54.1. The van der Waals surface area contributed by atoms with E-state index in [2.05, 4.69) is 4.98 Å². The van der Waals surface area contributed by atoms with Crippen LogP contribution in [0.3, 0.4) is 0 Å². The molecule has 0 atom stereocenters. The van der Waals surface area contributed by atoms with Crippen molar-refractivity contribution in [3.63, 3.8) is 0 Å². The fourth-order valence-corrected chi connectivity index (χ4v) is 3.33. The van der Waals surface area contributed by atoms with Crippen LogP contribution in [0, 0.1) is 0 Å². The van der Waals surface area contributed by atoms with Gasteiger partial charge in [0, 0.05) is 6.42 Å². The van der Waals surface area contributed by atoms with Gasteiger partial charge in [0.25, 0.3) is 5.56 Å². The number of H-pyrrole nitrogens is 1. The van der Waals surface area contributed by atoms with E-state index in [4.69, 9.17) is 14.2 Å². The van der Waals surface area contributed by atoms with Crippen LogP contribution in [0.5, 0.6) is 5.88 Å². The minimum Gasteiger partial charge on any atom is -0.472 e. The molecule has 0 unspecified atom stereocenters. The van der Waals surface area contributed by atoms with Crippen molar-refractivity contribution in [2.45, 2.75) is 32.8 Å². The molecule has 0 saturated carbocycles. The summed E-state index contributed by atoms with van der Waals surface area (Å²) in [6, 6.07) is 8.19. The van der Waals surface area contributed by atoms with Gasteiger partial charge in [-0.05, 0) is 32.9 Å². The second kappa shape index (κ2) is 8.02. The van der Waals surface area contributed by atoms with Gasteiger partial charge in [-0.2, -0.15) is 0 Å². The van der Waals surface area contributed by atoms with Crippen LogP contribution in [0.2, 0.25) is 0 Å². The average molecular weight is 414 g/mol. The van der Waals surface area contributed by atoms with E-state index in [0.717, 1.165) is 4.57 Å². The largest absolute Gasteiger partial charge is 0.472 e. The Morgan fingerprint density at radius 3 is 2.43 bits per heavy atom. The number of para-hydroxylation sites is 1. The number of nitrogens with zero attached hydrogens (tertiary/aromatic N) is 1. The Morgan fingerprint density at radius 2 is 1.83 bits per heavy atom. The summed E-state index contributed by atoms with van der Waals surface area (Å²) in [7, 11) is 1.17. The highest BCUT2D eigenvalue weighted by Crippen LogP contribution is 2.36. The predicted octanol–water partition coefficient (Wildman–Crippen LogP) is 1.58. The Bertz CT molecular complexity index is 1140. The number of methoxy groups -OCH3 is 1. The molecule has 0 spiro atoms. The molecule has 0 bridgehead atoms. The first-order valence-electron chi connectivity index (χ1n) is 9.33. The maximum Gasteiger partial charge on any atom is 0.339 e. The van der Waals surface area contributed by atoms with Gasteiger partial charge in [0.15, 0.2) is 0 Å². The number of hydrogen-bond acceptors (Lipinski definition) is 7. The molecule has 0 fully saturated rings. The molecule has 9 nitrogen and oxygen atoms in total. The Kier molecular flexibility index (Phi) is 5.64. The number of carbonyl (C=O) groups excluding carboxylic acids is 2. The fourth-order valence-electron chi connectivity index (χ4n) is 3.33. The highest BCUT2D eigenvalue weighted by Gasteiger charge is 2.39. The van der Waals surface area contributed by atoms with Gasteiger partial charge in [0.1, 0.15) is 11.2 Å². The SMILES string of the molecule is CCOC(=O)C1=C(C(=O)OC)CC(C)(C)Oc2[nH]c(=O)n(-c3ccccc3)c(=O)c21. The molecule has 1 N–H and O–H groups in total. The van der Waals surface area contributed by atoms with E-state index in [1.165, 1.54) is 7.11 Å². The quantitative estimate of drug-likeness (QED) is 0.755. The van der Waals surface area contributed by atoms with Gasteiger partial charge >= 0.3 is 17.6 Å². The maximum absolute atomic E-state index is 13.4. The first-order chi connectivity index (χ1) is 14.2. The van der Waals surface area contributed by atoms with Crippen molar-refractivity contribution >= 4 is 17.5 Å². The van der Waals surface area contributed by atoms with E-state index in [1.54, 1.807) is 51.1 Å². The third kappa shape index (κ3) is 3.78. The summed E-state index contributed by atoms with van der Waals surface area (Å²) in [5, 5.41) is 0. The molecule has 2 heterocycles. The summed E-state index contributed by atoms with van der Waals surface area (Å²) in [6.07, 6.45) is -0.0463. The van der Waals surface area contributed by atoms with Crippen molar-refractivity contribution in [3.8, 4) is 11.6 Å². The molecular weight excluding hydrogens is 392 g/mol. The van der Waals surface area contributed by atoms with Gasteiger partial charge in [0.05, 0.1) is 30.6 Å². The van der Waals surface area contributed by atoms with Gasteiger partial charge < -0.3 is 14.2 Å². The van der Waals surface area contributed by atoms with Crippen molar-refractivity contribution in [1.29, 1.82) is 0 Å². The first kappa shape index (κ1) is 21.1. The van der Waals surface area contributed by atoms with E-state index in [1.807, 2.05) is 0 Å². The number of aromatic amines is 1. The molecule has 1 aromatic heterocycles. The van der Waals surface area contributed by atoms with Crippen LogP contribution in [-0.4, -0.2) is 40.8 Å². The molecule has 0 radical (unpaired) electrons. The van der Waals surface area contributed by atoms with Crippen molar-refractivity contribution in [2.75, 3.05) is 13.7 Å². The number of carbonyl (C=O) groups is 2. The zero-order valence-electron chi connectivity index (χ0n) is 17.1.